The zero-order valence-electron chi connectivity index (χ0n) is 12.3. The second-order valence-electron chi connectivity index (χ2n) is 5.87. The molecule has 0 aliphatic heterocycles. The molecular weight excluding hydrogens is 274 g/mol. The molecule has 2 atom stereocenters. The summed E-state index contributed by atoms with van der Waals surface area (Å²) in [6, 6.07) is 4.39. The maximum atomic E-state index is 10.7. The highest BCUT2D eigenvalue weighted by molar-refractivity contribution is 7.12. The molecule has 0 aromatic carbocycles. The predicted molar refractivity (Wildman–Crippen MR) is 80.1 cm³/mol. The van der Waals surface area contributed by atoms with E-state index in [2.05, 4.69) is 19.2 Å². The fraction of sp³-hybridized carbons (Fsp3) is 0.667. The van der Waals surface area contributed by atoms with Crippen LogP contribution in [-0.2, 0) is 22.5 Å². The Morgan fingerprint density at radius 2 is 2.20 bits per heavy atom. The van der Waals surface area contributed by atoms with E-state index in [0.717, 1.165) is 24.4 Å². The predicted octanol–water partition coefficient (Wildman–Crippen LogP) is 2.67. The van der Waals surface area contributed by atoms with Gasteiger partial charge in [-0.3, -0.25) is 4.79 Å². The topological polar surface area (TPSA) is 58.6 Å². The first-order chi connectivity index (χ1) is 9.43. The number of rotatable bonds is 7. The number of nitrogens with one attached hydrogen (secondary N) is 1. The molecule has 1 aromatic rings. The standard InChI is InChI=1S/C15H23NO3S/c1-4-19-13-8-12(15(13,2)3)16-9-11-6-5-10(20-11)7-14(17)18/h5-6,12-13,16H,4,7-9H2,1-3H3,(H,17,18). The lowest BCUT2D eigenvalue weighted by molar-refractivity contribution is -0.136. The molecule has 1 heterocycles. The van der Waals surface area contributed by atoms with Gasteiger partial charge in [-0.2, -0.15) is 0 Å². The summed E-state index contributed by atoms with van der Waals surface area (Å²) in [4.78, 5) is 12.8. The third-order valence-electron chi connectivity index (χ3n) is 4.11. The normalized spacial score (nSPS) is 24.4. The van der Waals surface area contributed by atoms with Gasteiger partial charge in [0, 0.05) is 34.4 Å². The Morgan fingerprint density at radius 3 is 2.80 bits per heavy atom. The summed E-state index contributed by atoms with van der Waals surface area (Å²) in [5, 5.41) is 12.3. The smallest absolute Gasteiger partial charge is 0.308 e. The number of hydrogen-bond acceptors (Lipinski definition) is 4. The molecule has 2 rings (SSSR count). The van der Waals surface area contributed by atoms with Crippen molar-refractivity contribution in [2.24, 2.45) is 5.41 Å². The third kappa shape index (κ3) is 3.40. The molecule has 0 amide bonds. The Kier molecular flexibility index (Phi) is 4.83. The van der Waals surface area contributed by atoms with E-state index in [1.54, 1.807) is 11.3 Å². The Labute approximate surface area is 124 Å². The molecule has 1 saturated carbocycles. The molecule has 0 saturated heterocycles. The summed E-state index contributed by atoms with van der Waals surface area (Å²) in [6.07, 6.45) is 1.51. The molecule has 4 nitrogen and oxygen atoms in total. The van der Waals surface area contributed by atoms with Crippen molar-refractivity contribution < 1.29 is 14.6 Å². The van der Waals surface area contributed by atoms with Gasteiger partial charge in [-0.1, -0.05) is 13.8 Å². The lowest BCUT2D eigenvalue weighted by atomic mass is 9.64. The van der Waals surface area contributed by atoms with E-state index in [-0.39, 0.29) is 11.8 Å². The van der Waals surface area contributed by atoms with Crippen LogP contribution in [0.4, 0.5) is 0 Å². The van der Waals surface area contributed by atoms with Crippen molar-refractivity contribution in [1.82, 2.24) is 5.32 Å². The largest absolute Gasteiger partial charge is 0.481 e. The molecule has 1 fully saturated rings. The quantitative estimate of drug-likeness (QED) is 0.812. The van der Waals surface area contributed by atoms with Crippen LogP contribution in [0.1, 0.15) is 36.9 Å². The summed E-state index contributed by atoms with van der Waals surface area (Å²) in [5.41, 5.74) is 0.164. The van der Waals surface area contributed by atoms with E-state index in [9.17, 15) is 4.79 Å². The molecule has 1 aliphatic carbocycles. The molecule has 0 spiro atoms. The SMILES string of the molecule is CCOC1CC(NCc2ccc(CC(=O)O)s2)C1(C)C. The van der Waals surface area contributed by atoms with Gasteiger partial charge in [0.25, 0.3) is 0 Å². The van der Waals surface area contributed by atoms with Crippen molar-refractivity contribution in [3.8, 4) is 0 Å². The fourth-order valence-electron chi connectivity index (χ4n) is 2.70. The highest BCUT2D eigenvalue weighted by Gasteiger charge is 2.48. The lowest BCUT2D eigenvalue weighted by Gasteiger charge is -2.51. The molecule has 20 heavy (non-hydrogen) atoms. The van der Waals surface area contributed by atoms with Crippen molar-refractivity contribution in [2.45, 2.75) is 52.3 Å². The van der Waals surface area contributed by atoms with Crippen LogP contribution in [0.15, 0.2) is 12.1 Å². The van der Waals surface area contributed by atoms with Crippen LogP contribution in [0.25, 0.3) is 0 Å². The van der Waals surface area contributed by atoms with Crippen LogP contribution in [-0.4, -0.2) is 29.8 Å². The van der Waals surface area contributed by atoms with Gasteiger partial charge in [-0.15, -0.1) is 11.3 Å². The molecule has 0 radical (unpaired) electrons. The van der Waals surface area contributed by atoms with E-state index in [4.69, 9.17) is 9.84 Å². The molecule has 2 N–H and O–H groups in total. The fourth-order valence-corrected chi connectivity index (χ4v) is 3.66. The number of hydrogen-bond donors (Lipinski definition) is 2. The number of carbonyl (C=O) groups is 1. The van der Waals surface area contributed by atoms with Gasteiger partial charge in [0.05, 0.1) is 12.5 Å². The van der Waals surface area contributed by atoms with Crippen LogP contribution < -0.4 is 5.32 Å². The summed E-state index contributed by atoms with van der Waals surface area (Å²) < 4.78 is 5.72. The lowest BCUT2D eigenvalue weighted by Crippen LogP contribution is -2.60. The van der Waals surface area contributed by atoms with Gasteiger partial charge < -0.3 is 15.2 Å². The molecular formula is C15H23NO3S. The highest BCUT2D eigenvalue weighted by atomic mass is 32.1. The average Bonchev–Trinajstić information content (AvgIpc) is 2.79. The van der Waals surface area contributed by atoms with Gasteiger partial charge in [0.15, 0.2) is 0 Å². The van der Waals surface area contributed by atoms with Crippen molar-refractivity contribution in [3.05, 3.63) is 21.9 Å². The minimum absolute atomic E-state index is 0.117. The maximum absolute atomic E-state index is 10.7. The number of ether oxygens (including phenoxy) is 1. The Bertz CT molecular complexity index is 469. The van der Waals surface area contributed by atoms with E-state index in [1.807, 2.05) is 19.1 Å². The van der Waals surface area contributed by atoms with Gasteiger partial charge >= 0.3 is 5.97 Å². The zero-order valence-corrected chi connectivity index (χ0v) is 13.1. The number of thiophene rings is 1. The Balaban J connectivity index is 1.81. The first kappa shape index (κ1) is 15.5. The summed E-state index contributed by atoms with van der Waals surface area (Å²) >= 11 is 1.57. The van der Waals surface area contributed by atoms with Crippen LogP contribution in [0, 0.1) is 5.41 Å². The third-order valence-corrected chi connectivity index (χ3v) is 5.20. The number of carboxylic acids is 1. The van der Waals surface area contributed by atoms with Crippen molar-refractivity contribution in [2.75, 3.05) is 6.61 Å². The minimum Gasteiger partial charge on any atom is -0.481 e. The first-order valence-electron chi connectivity index (χ1n) is 7.07. The van der Waals surface area contributed by atoms with Crippen molar-refractivity contribution in [3.63, 3.8) is 0 Å². The molecule has 2 unspecified atom stereocenters. The number of carboxylic acid groups (broad SMARTS) is 1. The zero-order chi connectivity index (χ0) is 14.8. The van der Waals surface area contributed by atoms with Crippen LogP contribution in [0.5, 0.6) is 0 Å². The Morgan fingerprint density at radius 1 is 1.50 bits per heavy atom. The van der Waals surface area contributed by atoms with E-state index in [1.165, 1.54) is 4.88 Å². The van der Waals surface area contributed by atoms with E-state index >= 15 is 0 Å². The second kappa shape index (κ2) is 6.24. The molecule has 1 aromatic heterocycles. The van der Waals surface area contributed by atoms with E-state index < -0.39 is 5.97 Å². The second-order valence-corrected chi connectivity index (χ2v) is 7.13. The van der Waals surface area contributed by atoms with E-state index in [0.29, 0.717) is 12.1 Å². The Hall–Kier alpha value is -0.910. The molecule has 1 aliphatic rings. The molecule has 112 valence electrons. The molecule has 0 bridgehead atoms. The van der Waals surface area contributed by atoms with Gasteiger partial charge in [-0.05, 0) is 25.5 Å². The van der Waals surface area contributed by atoms with Gasteiger partial charge in [-0.25, -0.2) is 0 Å². The maximum Gasteiger partial charge on any atom is 0.308 e. The van der Waals surface area contributed by atoms with Crippen molar-refractivity contribution in [1.29, 1.82) is 0 Å². The van der Waals surface area contributed by atoms with Gasteiger partial charge in [0.2, 0.25) is 0 Å². The van der Waals surface area contributed by atoms with Crippen LogP contribution in [0.2, 0.25) is 0 Å². The van der Waals surface area contributed by atoms with Crippen LogP contribution >= 0.6 is 11.3 Å². The van der Waals surface area contributed by atoms with Crippen LogP contribution in [0.3, 0.4) is 0 Å². The highest BCUT2D eigenvalue weighted by Crippen LogP contribution is 2.42. The summed E-state index contributed by atoms with van der Waals surface area (Å²) in [6.45, 7) is 8.07. The number of aliphatic carboxylic acids is 1. The average molecular weight is 297 g/mol. The summed E-state index contributed by atoms with van der Waals surface area (Å²) in [5.74, 6) is -0.772. The van der Waals surface area contributed by atoms with Gasteiger partial charge in [0.1, 0.15) is 0 Å². The molecule has 5 heteroatoms. The monoisotopic (exact) mass is 297 g/mol. The summed E-state index contributed by atoms with van der Waals surface area (Å²) in [7, 11) is 0. The minimum atomic E-state index is -0.772. The van der Waals surface area contributed by atoms with Crippen molar-refractivity contribution >= 4 is 17.3 Å². The first-order valence-corrected chi connectivity index (χ1v) is 7.89.